The maximum Gasteiger partial charge on any atom is 0.220 e. The van der Waals surface area contributed by atoms with Crippen molar-refractivity contribution < 1.29 is 20.1 Å². The zero-order chi connectivity index (χ0) is 30.2. The first-order valence-electron chi connectivity index (χ1n) is 18.0. The number of carbonyl (C=O) groups excluding carboxylic acids is 1. The Balaban J connectivity index is 3.65. The summed E-state index contributed by atoms with van der Waals surface area (Å²) in [5.41, 5.74) is 0. The van der Waals surface area contributed by atoms with Gasteiger partial charge in [0, 0.05) is 6.42 Å². The summed E-state index contributed by atoms with van der Waals surface area (Å²) in [4.78, 5) is 12.3. The van der Waals surface area contributed by atoms with E-state index in [4.69, 9.17) is 0 Å². The molecule has 4 N–H and O–H groups in total. The number of aliphatic hydroxyl groups is 3. The van der Waals surface area contributed by atoms with Gasteiger partial charge in [-0.05, 0) is 38.5 Å². The SMILES string of the molecule is CCCCCC/C=C/CCCC(O)C(O)C(CO)NC(=O)CCCCCCCCCCCCCCCCCCCC. The lowest BCUT2D eigenvalue weighted by atomic mass is 10.0. The molecule has 0 aliphatic heterocycles. The van der Waals surface area contributed by atoms with Gasteiger partial charge in [0.2, 0.25) is 5.91 Å². The molecule has 0 radical (unpaired) electrons. The highest BCUT2D eigenvalue weighted by molar-refractivity contribution is 5.76. The van der Waals surface area contributed by atoms with Gasteiger partial charge in [0.05, 0.1) is 18.8 Å². The quantitative estimate of drug-likeness (QED) is 0.0471. The van der Waals surface area contributed by atoms with Crippen molar-refractivity contribution in [3.63, 3.8) is 0 Å². The van der Waals surface area contributed by atoms with E-state index < -0.39 is 18.2 Å². The Morgan fingerprint density at radius 3 is 1.41 bits per heavy atom. The predicted molar refractivity (Wildman–Crippen MR) is 176 cm³/mol. The molecule has 5 heteroatoms. The smallest absolute Gasteiger partial charge is 0.220 e. The number of amides is 1. The highest BCUT2D eigenvalue weighted by Crippen LogP contribution is 2.15. The molecule has 0 aromatic rings. The standard InChI is InChI=1S/C36H71NO4/c1-3-5-7-9-11-13-14-15-16-17-18-19-20-21-23-25-27-29-31-35(40)37-33(32-38)36(41)34(39)30-28-26-24-22-12-10-8-6-4-2/h22,24,33-34,36,38-39,41H,3-21,23,25-32H2,1-2H3,(H,37,40)/b24-22+. The van der Waals surface area contributed by atoms with E-state index in [1.54, 1.807) is 0 Å². The molecule has 244 valence electrons. The second kappa shape index (κ2) is 32.0. The molecule has 5 nitrogen and oxygen atoms in total. The lowest BCUT2D eigenvalue weighted by molar-refractivity contribution is -0.124. The van der Waals surface area contributed by atoms with Crippen LogP contribution in [0.15, 0.2) is 12.2 Å². The molecule has 3 unspecified atom stereocenters. The second-order valence-corrected chi connectivity index (χ2v) is 12.4. The molecule has 0 saturated heterocycles. The van der Waals surface area contributed by atoms with Crippen molar-refractivity contribution in [3.8, 4) is 0 Å². The van der Waals surface area contributed by atoms with Crippen LogP contribution >= 0.6 is 0 Å². The molecule has 0 spiro atoms. The predicted octanol–water partition coefficient (Wildman–Crippen LogP) is 9.31. The van der Waals surface area contributed by atoms with Gasteiger partial charge in [0.15, 0.2) is 0 Å². The fourth-order valence-corrected chi connectivity index (χ4v) is 5.51. The van der Waals surface area contributed by atoms with E-state index in [-0.39, 0.29) is 12.5 Å². The molecule has 3 atom stereocenters. The number of hydrogen-bond donors (Lipinski definition) is 4. The summed E-state index contributed by atoms with van der Waals surface area (Å²) < 4.78 is 0. The van der Waals surface area contributed by atoms with Gasteiger partial charge in [-0.2, -0.15) is 0 Å². The van der Waals surface area contributed by atoms with E-state index in [1.807, 2.05) is 0 Å². The van der Waals surface area contributed by atoms with Crippen LogP contribution in [-0.2, 0) is 4.79 Å². The van der Waals surface area contributed by atoms with Crippen LogP contribution < -0.4 is 5.32 Å². The van der Waals surface area contributed by atoms with Gasteiger partial charge in [-0.25, -0.2) is 0 Å². The summed E-state index contributed by atoms with van der Waals surface area (Å²) in [5.74, 6) is -0.155. The first-order chi connectivity index (χ1) is 20.1. The average molecular weight is 582 g/mol. The lowest BCUT2D eigenvalue weighted by Gasteiger charge is -2.26. The van der Waals surface area contributed by atoms with Crippen molar-refractivity contribution in [1.29, 1.82) is 0 Å². The second-order valence-electron chi connectivity index (χ2n) is 12.4. The van der Waals surface area contributed by atoms with Gasteiger partial charge >= 0.3 is 0 Å². The number of rotatable bonds is 32. The summed E-state index contributed by atoms with van der Waals surface area (Å²) >= 11 is 0. The van der Waals surface area contributed by atoms with Crippen LogP contribution in [0.5, 0.6) is 0 Å². The van der Waals surface area contributed by atoms with Crippen molar-refractivity contribution in [2.24, 2.45) is 0 Å². The van der Waals surface area contributed by atoms with Crippen molar-refractivity contribution >= 4 is 5.91 Å². The van der Waals surface area contributed by atoms with Gasteiger partial charge in [0.1, 0.15) is 6.10 Å². The number of carbonyl (C=O) groups is 1. The highest BCUT2D eigenvalue weighted by atomic mass is 16.3. The summed E-state index contributed by atoms with van der Waals surface area (Å²) in [5, 5.41) is 33.1. The zero-order valence-electron chi connectivity index (χ0n) is 27.4. The average Bonchev–Trinajstić information content (AvgIpc) is 2.97. The van der Waals surface area contributed by atoms with Gasteiger partial charge in [-0.3, -0.25) is 4.79 Å². The maximum absolute atomic E-state index is 12.3. The first-order valence-corrected chi connectivity index (χ1v) is 18.0. The van der Waals surface area contributed by atoms with Crippen LogP contribution in [0.4, 0.5) is 0 Å². The van der Waals surface area contributed by atoms with E-state index in [2.05, 4.69) is 31.3 Å². The molecule has 0 heterocycles. The van der Waals surface area contributed by atoms with Crippen molar-refractivity contribution in [1.82, 2.24) is 5.32 Å². The third-order valence-electron chi connectivity index (χ3n) is 8.37. The lowest BCUT2D eigenvalue weighted by Crippen LogP contribution is -2.50. The molecular formula is C36H71NO4. The number of unbranched alkanes of at least 4 members (excludes halogenated alkanes) is 22. The van der Waals surface area contributed by atoms with Gasteiger partial charge in [-0.1, -0.05) is 154 Å². The van der Waals surface area contributed by atoms with Gasteiger partial charge in [0.25, 0.3) is 0 Å². The molecule has 0 aliphatic carbocycles. The summed E-state index contributed by atoms with van der Waals surface area (Å²) in [6.45, 7) is 4.12. The van der Waals surface area contributed by atoms with Gasteiger partial charge < -0.3 is 20.6 Å². The third kappa shape index (κ3) is 27.7. The van der Waals surface area contributed by atoms with E-state index in [0.29, 0.717) is 12.8 Å². The number of aliphatic hydroxyl groups excluding tert-OH is 3. The van der Waals surface area contributed by atoms with Gasteiger partial charge in [-0.15, -0.1) is 0 Å². The molecule has 0 rings (SSSR count). The Morgan fingerprint density at radius 2 is 0.976 bits per heavy atom. The molecular weight excluding hydrogens is 510 g/mol. The van der Waals surface area contributed by atoms with E-state index in [1.165, 1.54) is 122 Å². The molecule has 41 heavy (non-hydrogen) atoms. The fraction of sp³-hybridized carbons (Fsp3) is 0.917. The molecule has 1 amide bonds. The van der Waals surface area contributed by atoms with Crippen LogP contribution in [0, 0.1) is 0 Å². The number of nitrogens with one attached hydrogen (secondary N) is 1. The molecule has 0 aromatic carbocycles. The van der Waals surface area contributed by atoms with E-state index >= 15 is 0 Å². The van der Waals surface area contributed by atoms with Crippen LogP contribution in [-0.4, -0.2) is 46.1 Å². The normalized spacial score (nSPS) is 14.0. The zero-order valence-corrected chi connectivity index (χ0v) is 27.4. The van der Waals surface area contributed by atoms with Crippen LogP contribution in [0.25, 0.3) is 0 Å². The summed E-state index contributed by atoms with van der Waals surface area (Å²) in [6.07, 6.45) is 34.6. The van der Waals surface area contributed by atoms with Crippen molar-refractivity contribution in [3.05, 3.63) is 12.2 Å². The maximum atomic E-state index is 12.3. The minimum absolute atomic E-state index is 0.155. The van der Waals surface area contributed by atoms with E-state index in [9.17, 15) is 20.1 Å². The Kier molecular flexibility index (Phi) is 31.3. The van der Waals surface area contributed by atoms with Crippen LogP contribution in [0.3, 0.4) is 0 Å². The number of hydrogen-bond acceptors (Lipinski definition) is 4. The fourth-order valence-electron chi connectivity index (χ4n) is 5.51. The monoisotopic (exact) mass is 582 g/mol. The minimum atomic E-state index is -1.15. The van der Waals surface area contributed by atoms with Crippen molar-refractivity contribution in [2.75, 3.05) is 6.61 Å². The molecule has 0 bridgehead atoms. The Bertz CT molecular complexity index is 568. The van der Waals surface area contributed by atoms with E-state index in [0.717, 1.165) is 38.5 Å². The third-order valence-corrected chi connectivity index (χ3v) is 8.37. The largest absolute Gasteiger partial charge is 0.394 e. The molecule has 0 aromatic heterocycles. The topological polar surface area (TPSA) is 89.8 Å². The first kappa shape index (κ1) is 40.1. The summed E-state index contributed by atoms with van der Waals surface area (Å²) in [7, 11) is 0. The minimum Gasteiger partial charge on any atom is -0.394 e. The molecule has 0 saturated carbocycles. The molecule has 0 fully saturated rings. The summed E-state index contributed by atoms with van der Waals surface area (Å²) in [6, 6.07) is -0.817. The Morgan fingerprint density at radius 1 is 0.585 bits per heavy atom. The Hall–Kier alpha value is -0.910. The number of allylic oxidation sites excluding steroid dienone is 2. The Labute approximate surface area is 255 Å². The van der Waals surface area contributed by atoms with Crippen LogP contribution in [0.2, 0.25) is 0 Å². The highest BCUT2D eigenvalue weighted by Gasteiger charge is 2.26. The molecule has 0 aliphatic rings. The van der Waals surface area contributed by atoms with Crippen LogP contribution in [0.1, 0.15) is 187 Å². The van der Waals surface area contributed by atoms with Crippen molar-refractivity contribution in [2.45, 2.75) is 205 Å².